The minimum Gasteiger partial charge on any atom is -0.508 e. The minimum absolute atomic E-state index is 0.00489. The number of amides is 2. The Balaban J connectivity index is 0.000000275. The van der Waals surface area contributed by atoms with Crippen LogP contribution in [0.3, 0.4) is 0 Å². The van der Waals surface area contributed by atoms with Gasteiger partial charge in [0.1, 0.15) is 5.75 Å². The third kappa shape index (κ3) is 11.0. The first-order valence-corrected chi connectivity index (χ1v) is 15.3. The molecule has 0 radical (unpaired) electrons. The van der Waals surface area contributed by atoms with E-state index < -0.39 is 6.10 Å². The van der Waals surface area contributed by atoms with Crippen LogP contribution in [0.25, 0.3) is 0 Å². The zero-order valence-electron chi connectivity index (χ0n) is 24.0. The summed E-state index contributed by atoms with van der Waals surface area (Å²) in [5, 5.41) is 14.4. The third-order valence-corrected chi connectivity index (χ3v) is 7.85. The lowest BCUT2D eigenvalue weighted by Gasteiger charge is -2.29. The van der Waals surface area contributed by atoms with E-state index in [1.54, 1.807) is 42.3 Å². The van der Waals surface area contributed by atoms with Crippen LogP contribution >= 0.6 is 23.1 Å². The number of hydrogen-bond acceptors (Lipinski definition) is 7. The number of carbonyl (C=O) groups excluding carboxylic acids is 2. The second kappa shape index (κ2) is 18.5. The first kappa shape index (κ1) is 33.4. The molecule has 218 valence electrons. The molecule has 2 atom stereocenters. The van der Waals surface area contributed by atoms with Crippen LogP contribution in [0.1, 0.15) is 57.0 Å². The zero-order chi connectivity index (χ0) is 29.3. The van der Waals surface area contributed by atoms with Gasteiger partial charge >= 0.3 is 0 Å². The number of phenolic OH excluding ortho intramolecular Hbond substituents is 1. The number of nitrogens with one attached hydrogen (secondary N) is 1. The number of likely N-dealkylation sites (tertiary alicyclic amines) is 1. The summed E-state index contributed by atoms with van der Waals surface area (Å²) in [4.78, 5) is 28.4. The molecule has 1 aliphatic rings. The minimum atomic E-state index is -0.581. The lowest BCUT2D eigenvalue weighted by Crippen LogP contribution is -2.43. The molecule has 3 aromatic rings. The van der Waals surface area contributed by atoms with Gasteiger partial charge in [-0.15, -0.1) is 11.3 Å². The van der Waals surface area contributed by atoms with Crippen molar-refractivity contribution in [2.75, 3.05) is 20.3 Å². The molecule has 1 aliphatic heterocycles. The molecule has 1 saturated heterocycles. The molecule has 2 N–H and O–H groups in total. The number of benzene rings is 2. The normalized spacial score (nSPS) is 14.9. The van der Waals surface area contributed by atoms with Gasteiger partial charge in [0, 0.05) is 33.7 Å². The summed E-state index contributed by atoms with van der Waals surface area (Å²) in [5.41, 5.74) is 0.964. The van der Waals surface area contributed by atoms with E-state index in [-0.39, 0.29) is 30.4 Å². The highest BCUT2D eigenvalue weighted by Crippen LogP contribution is 2.34. The molecule has 2 heterocycles. The summed E-state index contributed by atoms with van der Waals surface area (Å²) in [5.74, 6) is 0.185. The lowest BCUT2D eigenvalue weighted by atomic mass is 10.0. The first-order chi connectivity index (χ1) is 19.4. The van der Waals surface area contributed by atoms with Crippen molar-refractivity contribution in [3.8, 4) is 5.75 Å². The lowest BCUT2D eigenvalue weighted by molar-refractivity contribution is -0.151. The van der Waals surface area contributed by atoms with Crippen molar-refractivity contribution in [3.63, 3.8) is 0 Å². The molecule has 0 spiro atoms. The molecule has 0 bridgehead atoms. The van der Waals surface area contributed by atoms with E-state index in [4.69, 9.17) is 9.47 Å². The molecule has 0 saturated carbocycles. The van der Waals surface area contributed by atoms with Crippen LogP contribution in [0.15, 0.2) is 75.8 Å². The highest BCUT2D eigenvalue weighted by Gasteiger charge is 2.35. The van der Waals surface area contributed by atoms with Crippen molar-refractivity contribution in [2.24, 2.45) is 0 Å². The molecule has 2 aromatic carbocycles. The number of rotatable bonds is 11. The Morgan fingerprint density at radius 2 is 1.90 bits per heavy atom. The maximum atomic E-state index is 12.8. The van der Waals surface area contributed by atoms with Crippen molar-refractivity contribution in [3.05, 3.63) is 76.5 Å². The summed E-state index contributed by atoms with van der Waals surface area (Å²) in [6.07, 6.45) is 1.96. The van der Waals surface area contributed by atoms with E-state index in [9.17, 15) is 14.7 Å². The molecule has 9 heteroatoms. The van der Waals surface area contributed by atoms with Gasteiger partial charge in [-0.25, -0.2) is 0 Å². The first-order valence-electron chi connectivity index (χ1n) is 13.6. The van der Waals surface area contributed by atoms with Gasteiger partial charge in [-0.2, -0.15) is 0 Å². The average molecular weight is 587 g/mol. The van der Waals surface area contributed by atoms with Crippen LogP contribution in [0.2, 0.25) is 0 Å². The number of phenols is 1. The predicted molar refractivity (Wildman–Crippen MR) is 163 cm³/mol. The maximum absolute atomic E-state index is 12.8. The summed E-state index contributed by atoms with van der Waals surface area (Å²) in [6, 6.07) is 19.5. The van der Waals surface area contributed by atoms with Crippen LogP contribution < -0.4 is 5.32 Å². The van der Waals surface area contributed by atoms with E-state index in [0.717, 1.165) is 24.8 Å². The Kier molecular flexibility index (Phi) is 15.4. The van der Waals surface area contributed by atoms with Gasteiger partial charge in [-0.05, 0) is 62.6 Å². The molecule has 40 heavy (non-hydrogen) atoms. The molecule has 2 amide bonds. The Labute approximate surface area is 246 Å². The predicted octanol–water partition coefficient (Wildman–Crippen LogP) is 6.67. The fraction of sp³-hybridized carbons (Fsp3) is 0.419. The molecular formula is C31H42N2O5S2. The topological polar surface area (TPSA) is 88.1 Å². The van der Waals surface area contributed by atoms with Gasteiger partial charge in [0.25, 0.3) is 5.91 Å². The second-order valence-electron chi connectivity index (χ2n) is 9.08. The summed E-state index contributed by atoms with van der Waals surface area (Å²) in [6.45, 7) is 9.39. The van der Waals surface area contributed by atoms with E-state index in [1.807, 2.05) is 62.9 Å². The number of hydrogen-bond donors (Lipinski definition) is 2. The largest absolute Gasteiger partial charge is 0.508 e. The second-order valence-corrected chi connectivity index (χ2v) is 11.2. The van der Waals surface area contributed by atoms with Crippen molar-refractivity contribution in [1.29, 1.82) is 0 Å². The van der Waals surface area contributed by atoms with E-state index in [0.29, 0.717) is 13.1 Å². The quantitative estimate of drug-likeness (QED) is 0.244. The smallest absolute Gasteiger partial charge is 0.254 e. The van der Waals surface area contributed by atoms with E-state index in [2.05, 4.69) is 28.9 Å². The molecule has 1 aromatic heterocycles. The van der Waals surface area contributed by atoms with Crippen LogP contribution in [-0.4, -0.2) is 54.8 Å². The highest BCUT2D eigenvalue weighted by atomic mass is 32.2. The van der Waals surface area contributed by atoms with Gasteiger partial charge in [0.2, 0.25) is 6.41 Å². The number of aromatic hydroxyl groups is 1. The van der Waals surface area contributed by atoms with Crippen molar-refractivity contribution < 1.29 is 24.2 Å². The Morgan fingerprint density at radius 1 is 1.15 bits per heavy atom. The maximum Gasteiger partial charge on any atom is 0.254 e. The summed E-state index contributed by atoms with van der Waals surface area (Å²) in [7, 11) is 1.57. The monoisotopic (exact) mass is 586 g/mol. The van der Waals surface area contributed by atoms with Gasteiger partial charge in [0.15, 0.2) is 6.10 Å². The number of carbonyl (C=O) groups is 2. The van der Waals surface area contributed by atoms with Crippen molar-refractivity contribution >= 4 is 35.4 Å². The Morgan fingerprint density at radius 3 is 2.55 bits per heavy atom. The van der Waals surface area contributed by atoms with Crippen LogP contribution in [0.5, 0.6) is 5.75 Å². The van der Waals surface area contributed by atoms with Crippen LogP contribution in [0.4, 0.5) is 0 Å². The van der Waals surface area contributed by atoms with Crippen LogP contribution in [-0.2, 0) is 25.6 Å². The molecule has 0 unspecified atom stereocenters. The van der Waals surface area contributed by atoms with Crippen LogP contribution in [0, 0.1) is 0 Å². The number of nitrogens with zero attached hydrogens (tertiary/aromatic N) is 1. The molecule has 4 rings (SSSR count). The van der Waals surface area contributed by atoms with Gasteiger partial charge < -0.3 is 24.8 Å². The fourth-order valence-corrected chi connectivity index (χ4v) is 6.09. The Hall–Kier alpha value is -2.85. The van der Waals surface area contributed by atoms with Gasteiger partial charge in [-0.3, -0.25) is 9.59 Å². The Bertz CT molecular complexity index is 1140. The van der Waals surface area contributed by atoms with Crippen molar-refractivity contribution in [2.45, 2.75) is 75.1 Å². The molecular weight excluding hydrogens is 544 g/mol. The summed E-state index contributed by atoms with van der Waals surface area (Å²) < 4.78 is 10.8. The number of methoxy groups -OCH3 is 1. The average Bonchev–Trinajstić information content (AvgIpc) is 3.63. The standard InChI is InChI=1S/C17H25NO4.C12H11NOS2.C2H6/c1-12(2)22-16(11-21-3)17(20)18-9-5-8-15(18)13-6-4-7-14(19)10-13;14-9-13-7-11-6-12(8-15-11)16-10-4-2-1-3-5-10;1-2/h4,6-7,10,12,15-16,19H,5,8-9,11H2,1-3H3;1-6,8-9H,7H2,(H,13,14);1-2H3/t15-,16-;;/m1../s1. The number of ether oxygens (including phenoxy) is 2. The third-order valence-electron chi connectivity index (χ3n) is 5.79. The zero-order valence-corrected chi connectivity index (χ0v) is 25.7. The highest BCUT2D eigenvalue weighted by molar-refractivity contribution is 7.99. The van der Waals surface area contributed by atoms with Crippen molar-refractivity contribution in [1.82, 2.24) is 10.2 Å². The van der Waals surface area contributed by atoms with Gasteiger partial charge in [0.05, 0.1) is 25.3 Å². The molecule has 7 nitrogen and oxygen atoms in total. The van der Waals surface area contributed by atoms with E-state index in [1.165, 1.54) is 14.7 Å². The SMILES string of the molecule is CC.COC[C@@H](OC(C)C)C(=O)N1CCC[C@@H]1c1cccc(O)c1.O=CNCc1cc(Sc2ccccc2)cs1. The molecule has 0 aliphatic carbocycles. The summed E-state index contributed by atoms with van der Waals surface area (Å²) >= 11 is 3.40. The van der Waals surface area contributed by atoms with Gasteiger partial charge in [-0.1, -0.05) is 55.9 Å². The number of thiophene rings is 1. The fourth-order valence-electron chi connectivity index (χ4n) is 4.22. The van der Waals surface area contributed by atoms with E-state index >= 15 is 0 Å². The molecule has 1 fully saturated rings.